The highest BCUT2D eigenvalue weighted by Crippen LogP contribution is 2.21. The fraction of sp³-hybridized carbons (Fsp3) is 0.409. The van der Waals surface area contributed by atoms with Crippen LogP contribution in [-0.2, 0) is 16.1 Å². The first kappa shape index (κ1) is 20.8. The number of imide groups is 1. The van der Waals surface area contributed by atoms with E-state index in [0.717, 1.165) is 29.4 Å². The smallest absolute Gasteiger partial charge is 0.325 e. The summed E-state index contributed by atoms with van der Waals surface area (Å²) in [5.41, 5.74) is 1.10. The van der Waals surface area contributed by atoms with Crippen LogP contribution in [0.2, 0.25) is 0 Å². The van der Waals surface area contributed by atoms with Crippen LogP contribution in [0.1, 0.15) is 18.6 Å². The molecule has 1 N–H and O–H groups in total. The fourth-order valence-corrected chi connectivity index (χ4v) is 3.91. The molecule has 0 unspecified atom stereocenters. The average molecular weight is 426 g/mol. The summed E-state index contributed by atoms with van der Waals surface area (Å²) in [5.74, 6) is 1.03. The molecule has 4 rings (SSSR count). The van der Waals surface area contributed by atoms with Crippen molar-refractivity contribution in [2.24, 2.45) is 0 Å². The molecule has 164 valence electrons. The van der Waals surface area contributed by atoms with Gasteiger partial charge in [0.15, 0.2) is 0 Å². The van der Waals surface area contributed by atoms with Gasteiger partial charge in [0.1, 0.15) is 17.6 Å². The number of anilines is 1. The number of ether oxygens (including phenoxy) is 1. The van der Waals surface area contributed by atoms with Crippen LogP contribution in [0.3, 0.4) is 0 Å². The normalized spacial score (nSPS) is 19.0. The number of hydrogen-bond acceptors (Lipinski definition) is 6. The standard InChI is InChI=1S/C22H26N4O5/c1-30-17-6-4-16(5-7-17)24-10-12-25(13-11-24)20(27)9-8-19-21(28)26(22(29)23-19)15-18-3-2-14-31-18/h2-7,14,19H,8-13,15H2,1H3,(H,23,29)/t19-/m1/s1. The summed E-state index contributed by atoms with van der Waals surface area (Å²) in [4.78, 5) is 42.5. The fourth-order valence-electron chi connectivity index (χ4n) is 3.91. The number of nitrogens with zero attached hydrogens (tertiary/aromatic N) is 3. The molecule has 2 aliphatic heterocycles. The Morgan fingerprint density at radius 3 is 2.52 bits per heavy atom. The van der Waals surface area contributed by atoms with Gasteiger partial charge in [-0.15, -0.1) is 0 Å². The molecule has 1 aromatic carbocycles. The summed E-state index contributed by atoms with van der Waals surface area (Å²) in [7, 11) is 1.64. The number of carbonyl (C=O) groups excluding carboxylic acids is 3. The lowest BCUT2D eigenvalue weighted by atomic mass is 10.1. The summed E-state index contributed by atoms with van der Waals surface area (Å²) in [6.07, 6.45) is 2.00. The van der Waals surface area contributed by atoms with Gasteiger partial charge in [-0.2, -0.15) is 0 Å². The molecule has 9 heteroatoms. The monoisotopic (exact) mass is 426 g/mol. The van der Waals surface area contributed by atoms with E-state index in [0.29, 0.717) is 18.8 Å². The predicted octanol–water partition coefficient (Wildman–Crippen LogP) is 1.84. The van der Waals surface area contributed by atoms with Crippen LogP contribution in [0.25, 0.3) is 0 Å². The molecule has 1 atom stereocenters. The van der Waals surface area contributed by atoms with Gasteiger partial charge in [0.05, 0.1) is 19.9 Å². The van der Waals surface area contributed by atoms with E-state index >= 15 is 0 Å². The van der Waals surface area contributed by atoms with Gasteiger partial charge in [0, 0.05) is 38.3 Å². The number of urea groups is 1. The van der Waals surface area contributed by atoms with E-state index in [9.17, 15) is 14.4 Å². The second-order valence-electron chi connectivity index (χ2n) is 7.61. The number of methoxy groups -OCH3 is 1. The maximum Gasteiger partial charge on any atom is 0.325 e. The van der Waals surface area contributed by atoms with Crippen molar-refractivity contribution in [1.82, 2.24) is 15.1 Å². The molecule has 0 spiro atoms. The van der Waals surface area contributed by atoms with Crippen molar-refractivity contribution < 1.29 is 23.5 Å². The van der Waals surface area contributed by atoms with Crippen LogP contribution >= 0.6 is 0 Å². The molecule has 3 heterocycles. The Labute approximate surface area is 180 Å². The van der Waals surface area contributed by atoms with Crippen LogP contribution < -0.4 is 15.0 Å². The molecule has 9 nitrogen and oxygen atoms in total. The Bertz CT molecular complexity index is 920. The Kier molecular flexibility index (Phi) is 6.11. The Hall–Kier alpha value is -3.49. The number of benzene rings is 1. The molecule has 2 saturated heterocycles. The summed E-state index contributed by atoms with van der Waals surface area (Å²) in [6, 6.07) is 10.2. The van der Waals surface area contributed by atoms with Gasteiger partial charge < -0.3 is 24.3 Å². The maximum atomic E-state index is 12.6. The highest BCUT2D eigenvalue weighted by Gasteiger charge is 2.38. The van der Waals surface area contributed by atoms with Crippen LogP contribution in [0, 0.1) is 0 Å². The van der Waals surface area contributed by atoms with Crippen molar-refractivity contribution in [1.29, 1.82) is 0 Å². The summed E-state index contributed by atoms with van der Waals surface area (Å²) in [5, 5.41) is 2.67. The minimum atomic E-state index is -0.674. The van der Waals surface area contributed by atoms with Crippen molar-refractivity contribution >= 4 is 23.5 Å². The van der Waals surface area contributed by atoms with Gasteiger partial charge in [-0.3, -0.25) is 14.5 Å². The lowest BCUT2D eigenvalue weighted by Crippen LogP contribution is -2.49. The molecule has 2 aliphatic rings. The van der Waals surface area contributed by atoms with Crippen molar-refractivity contribution in [2.45, 2.75) is 25.4 Å². The molecule has 1 aromatic heterocycles. The first-order chi connectivity index (χ1) is 15.0. The lowest BCUT2D eigenvalue weighted by Gasteiger charge is -2.36. The Morgan fingerprint density at radius 2 is 1.87 bits per heavy atom. The average Bonchev–Trinajstić information content (AvgIpc) is 3.41. The largest absolute Gasteiger partial charge is 0.497 e. The van der Waals surface area contributed by atoms with E-state index in [-0.39, 0.29) is 31.2 Å². The first-order valence-electron chi connectivity index (χ1n) is 10.4. The highest BCUT2D eigenvalue weighted by molar-refractivity contribution is 6.04. The quantitative estimate of drug-likeness (QED) is 0.679. The topological polar surface area (TPSA) is 95.3 Å². The zero-order valence-electron chi connectivity index (χ0n) is 17.5. The highest BCUT2D eigenvalue weighted by atomic mass is 16.5. The molecule has 2 aromatic rings. The van der Waals surface area contributed by atoms with Crippen molar-refractivity contribution in [3.8, 4) is 5.75 Å². The summed E-state index contributed by atoms with van der Waals surface area (Å²) < 4.78 is 10.4. The Morgan fingerprint density at radius 1 is 1.13 bits per heavy atom. The molecule has 0 radical (unpaired) electrons. The molecule has 0 saturated carbocycles. The second-order valence-corrected chi connectivity index (χ2v) is 7.61. The number of hydrogen-bond donors (Lipinski definition) is 1. The van der Waals surface area contributed by atoms with Gasteiger partial charge in [0.2, 0.25) is 5.91 Å². The lowest BCUT2D eigenvalue weighted by molar-refractivity contribution is -0.132. The van der Waals surface area contributed by atoms with E-state index < -0.39 is 12.1 Å². The summed E-state index contributed by atoms with van der Waals surface area (Å²) >= 11 is 0. The van der Waals surface area contributed by atoms with E-state index in [1.807, 2.05) is 29.2 Å². The molecule has 0 aliphatic carbocycles. The molecule has 4 amide bonds. The van der Waals surface area contributed by atoms with Gasteiger partial charge in [-0.05, 0) is 42.8 Å². The van der Waals surface area contributed by atoms with Crippen LogP contribution in [0.5, 0.6) is 5.75 Å². The van der Waals surface area contributed by atoms with Crippen molar-refractivity contribution in [2.75, 3.05) is 38.2 Å². The van der Waals surface area contributed by atoms with Crippen LogP contribution in [-0.4, -0.2) is 67.0 Å². The van der Waals surface area contributed by atoms with Gasteiger partial charge in [-0.25, -0.2) is 4.79 Å². The maximum absolute atomic E-state index is 12.6. The first-order valence-corrected chi connectivity index (χ1v) is 10.4. The molecule has 31 heavy (non-hydrogen) atoms. The minimum Gasteiger partial charge on any atom is -0.497 e. The van der Waals surface area contributed by atoms with Crippen LogP contribution in [0.4, 0.5) is 10.5 Å². The molecule has 2 fully saturated rings. The zero-order chi connectivity index (χ0) is 21.8. The second kappa shape index (κ2) is 9.11. The van der Waals surface area contributed by atoms with E-state index in [1.165, 1.54) is 6.26 Å². The van der Waals surface area contributed by atoms with Gasteiger partial charge in [-0.1, -0.05) is 0 Å². The number of nitrogens with one attached hydrogen (secondary N) is 1. The summed E-state index contributed by atoms with van der Waals surface area (Å²) in [6.45, 7) is 2.83. The Balaban J connectivity index is 1.24. The van der Waals surface area contributed by atoms with E-state index in [2.05, 4.69) is 10.2 Å². The minimum absolute atomic E-state index is 0.000847. The number of rotatable bonds is 7. The van der Waals surface area contributed by atoms with Crippen molar-refractivity contribution in [3.05, 3.63) is 48.4 Å². The predicted molar refractivity (Wildman–Crippen MR) is 113 cm³/mol. The van der Waals surface area contributed by atoms with Gasteiger partial charge in [0.25, 0.3) is 5.91 Å². The molecular weight excluding hydrogens is 400 g/mol. The van der Waals surface area contributed by atoms with Crippen LogP contribution in [0.15, 0.2) is 47.1 Å². The number of amides is 4. The number of piperazine rings is 1. The number of furan rings is 1. The molecular formula is C22H26N4O5. The SMILES string of the molecule is COc1ccc(N2CCN(C(=O)CC[C@H]3NC(=O)N(Cc4ccco4)C3=O)CC2)cc1. The van der Waals surface area contributed by atoms with E-state index in [4.69, 9.17) is 9.15 Å². The third-order valence-corrected chi connectivity index (χ3v) is 5.72. The van der Waals surface area contributed by atoms with E-state index in [1.54, 1.807) is 19.2 Å². The van der Waals surface area contributed by atoms with Crippen molar-refractivity contribution in [3.63, 3.8) is 0 Å². The molecule has 0 bridgehead atoms. The number of carbonyl (C=O) groups is 3. The van der Waals surface area contributed by atoms with Gasteiger partial charge >= 0.3 is 6.03 Å². The zero-order valence-corrected chi connectivity index (χ0v) is 17.5. The third kappa shape index (κ3) is 4.65. The third-order valence-electron chi connectivity index (χ3n) is 5.72.